The molecule has 3 aromatic carbocycles. The molecular formula is C23H14BrCl2NO2S2. The smallest absolute Gasteiger partial charge is 0.270 e. The molecule has 1 amide bonds. The Morgan fingerprint density at radius 1 is 1.06 bits per heavy atom. The van der Waals surface area contributed by atoms with E-state index in [0.29, 0.717) is 31.6 Å². The molecule has 1 aliphatic rings. The Bertz CT molecular complexity index is 1200. The van der Waals surface area contributed by atoms with Crippen LogP contribution in [-0.4, -0.2) is 10.2 Å². The summed E-state index contributed by atoms with van der Waals surface area (Å²) in [5.41, 5.74) is 2.47. The Morgan fingerprint density at radius 3 is 2.55 bits per heavy atom. The second-order valence-electron chi connectivity index (χ2n) is 6.59. The summed E-state index contributed by atoms with van der Waals surface area (Å²) in [4.78, 5) is 15.0. The van der Waals surface area contributed by atoms with Gasteiger partial charge < -0.3 is 4.74 Å². The van der Waals surface area contributed by atoms with E-state index in [4.69, 9.17) is 40.2 Å². The Kier molecular flexibility index (Phi) is 7.04. The lowest BCUT2D eigenvalue weighted by Gasteiger charge is -2.14. The van der Waals surface area contributed by atoms with Gasteiger partial charge in [-0.3, -0.25) is 9.69 Å². The second kappa shape index (κ2) is 9.76. The van der Waals surface area contributed by atoms with Crippen LogP contribution in [-0.2, 0) is 11.4 Å². The van der Waals surface area contributed by atoms with Crippen LogP contribution in [0.25, 0.3) is 6.08 Å². The van der Waals surface area contributed by atoms with Gasteiger partial charge in [-0.15, -0.1) is 0 Å². The molecule has 0 aliphatic carbocycles. The third kappa shape index (κ3) is 5.33. The van der Waals surface area contributed by atoms with Crippen molar-refractivity contribution in [1.82, 2.24) is 0 Å². The second-order valence-corrected chi connectivity index (χ2v) is 10.0. The van der Waals surface area contributed by atoms with Gasteiger partial charge in [0.05, 0.1) is 10.6 Å². The first-order valence-electron chi connectivity index (χ1n) is 9.11. The average Bonchev–Trinajstić information content (AvgIpc) is 3.01. The van der Waals surface area contributed by atoms with E-state index in [1.54, 1.807) is 17.0 Å². The first-order valence-corrected chi connectivity index (χ1v) is 11.9. The molecular weight excluding hydrogens is 537 g/mol. The SMILES string of the molecule is O=C1/C(=C\c2ccc(OCc3ccc(Cl)cc3Cl)cc2)SC(=S)N1c1cccc(Br)c1. The standard InChI is InChI=1S/C23H14BrCl2NO2S2/c24-16-2-1-3-18(11-16)27-22(28)21(31-23(27)30)10-14-4-8-19(9-5-14)29-13-15-6-7-17(25)12-20(15)26/h1-12H,13H2/b21-10+. The lowest BCUT2D eigenvalue weighted by molar-refractivity contribution is -0.113. The number of thioether (sulfide) groups is 1. The fourth-order valence-corrected chi connectivity index (χ4v) is 5.07. The first kappa shape index (κ1) is 22.4. The quantitative estimate of drug-likeness (QED) is 0.240. The molecule has 0 unspecified atom stereocenters. The highest BCUT2D eigenvalue weighted by Gasteiger charge is 2.33. The molecule has 1 aliphatic heterocycles. The molecule has 4 rings (SSSR count). The van der Waals surface area contributed by atoms with Crippen LogP contribution in [0.3, 0.4) is 0 Å². The van der Waals surface area contributed by atoms with E-state index in [0.717, 1.165) is 21.3 Å². The van der Waals surface area contributed by atoms with Gasteiger partial charge >= 0.3 is 0 Å². The third-order valence-electron chi connectivity index (χ3n) is 4.45. The lowest BCUT2D eigenvalue weighted by atomic mass is 10.2. The molecule has 8 heteroatoms. The van der Waals surface area contributed by atoms with Crippen molar-refractivity contribution in [3.8, 4) is 5.75 Å². The number of carbonyl (C=O) groups excluding carboxylic acids is 1. The Hall–Kier alpha value is -1.83. The van der Waals surface area contributed by atoms with Crippen molar-refractivity contribution in [2.45, 2.75) is 6.61 Å². The highest BCUT2D eigenvalue weighted by molar-refractivity contribution is 9.10. The van der Waals surface area contributed by atoms with Crippen LogP contribution in [0, 0.1) is 0 Å². The number of benzene rings is 3. The van der Waals surface area contributed by atoms with Crippen molar-refractivity contribution < 1.29 is 9.53 Å². The molecule has 3 nitrogen and oxygen atoms in total. The van der Waals surface area contributed by atoms with E-state index < -0.39 is 0 Å². The van der Waals surface area contributed by atoms with Gasteiger partial charge in [-0.05, 0) is 54.1 Å². The van der Waals surface area contributed by atoms with E-state index in [-0.39, 0.29) is 5.91 Å². The van der Waals surface area contributed by atoms with Crippen LogP contribution in [0.5, 0.6) is 5.75 Å². The van der Waals surface area contributed by atoms with Crippen molar-refractivity contribution in [1.29, 1.82) is 0 Å². The van der Waals surface area contributed by atoms with E-state index in [1.807, 2.05) is 60.7 Å². The molecule has 1 saturated heterocycles. The summed E-state index contributed by atoms with van der Waals surface area (Å²) in [6.07, 6.45) is 1.83. The summed E-state index contributed by atoms with van der Waals surface area (Å²) in [6.45, 7) is 0.334. The molecule has 0 radical (unpaired) electrons. The largest absolute Gasteiger partial charge is 0.489 e. The van der Waals surface area contributed by atoms with Crippen LogP contribution in [0.2, 0.25) is 10.0 Å². The minimum Gasteiger partial charge on any atom is -0.489 e. The molecule has 0 saturated carbocycles. The van der Waals surface area contributed by atoms with E-state index in [1.165, 1.54) is 11.8 Å². The minimum atomic E-state index is -0.134. The third-order valence-corrected chi connectivity index (χ3v) is 6.83. The summed E-state index contributed by atoms with van der Waals surface area (Å²) in [6, 6.07) is 20.3. The molecule has 0 N–H and O–H groups in total. The number of thiocarbonyl (C=S) groups is 1. The van der Waals surface area contributed by atoms with Crippen molar-refractivity contribution in [2.75, 3.05) is 4.90 Å². The molecule has 1 heterocycles. The number of hydrogen-bond acceptors (Lipinski definition) is 4. The zero-order valence-corrected chi connectivity index (χ0v) is 20.6. The zero-order valence-electron chi connectivity index (χ0n) is 15.8. The fraction of sp³-hybridized carbons (Fsp3) is 0.0435. The van der Waals surface area contributed by atoms with Crippen molar-refractivity contribution in [3.05, 3.63) is 97.3 Å². The number of carbonyl (C=O) groups is 1. The fourth-order valence-electron chi connectivity index (χ4n) is 2.92. The van der Waals surface area contributed by atoms with Crippen LogP contribution < -0.4 is 9.64 Å². The van der Waals surface area contributed by atoms with Crippen LogP contribution in [0.1, 0.15) is 11.1 Å². The van der Waals surface area contributed by atoms with Crippen molar-refractivity contribution >= 4 is 85.1 Å². The summed E-state index contributed by atoms with van der Waals surface area (Å²) >= 11 is 22.3. The average molecular weight is 551 g/mol. The Balaban J connectivity index is 1.45. The molecule has 0 aromatic heterocycles. The van der Waals surface area contributed by atoms with E-state index in [2.05, 4.69) is 15.9 Å². The number of amides is 1. The van der Waals surface area contributed by atoms with Gasteiger partial charge in [0, 0.05) is 20.1 Å². The first-order chi connectivity index (χ1) is 14.9. The number of halogens is 3. The lowest BCUT2D eigenvalue weighted by Crippen LogP contribution is -2.27. The van der Waals surface area contributed by atoms with Gasteiger partial charge in [0.25, 0.3) is 5.91 Å². The molecule has 0 spiro atoms. The normalized spacial score (nSPS) is 15.1. The molecule has 156 valence electrons. The topological polar surface area (TPSA) is 29.5 Å². The highest BCUT2D eigenvalue weighted by atomic mass is 79.9. The van der Waals surface area contributed by atoms with Crippen molar-refractivity contribution in [2.24, 2.45) is 0 Å². The molecule has 1 fully saturated rings. The number of rotatable bonds is 5. The monoisotopic (exact) mass is 549 g/mol. The summed E-state index contributed by atoms with van der Waals surface area (Å²) in [5, 5.41) is 1.15. The van der Waals surface area contributed by atoms with Gasteiger partial charge in [-0.2, -0.15) is 0 Å². The minimum absolute atomic E-state index is 0.134. The predicted octanol–water partition coefficient (Wildman–Crippen LogP) is 7.74. The highest BCUT2D eigenvalue weighted by Crippen LogP contribution is 2.36. The Labute approximate surface area is 208 Å². The van der Waals surface area contributed by atoms with Gasteiger partial charge in [-0.25, -0.2) is 0 Å². The summed E-state index contributed by atoms with van der Waals surface area (Å²) in [5.74, 6) is 0.565. The summed E-state index contributed by atoms with van der Waals surface area (Å²) in [7, 11) is 0. The van der Waals surface area contributed by atoms with E-state index >= 15 is 0 Å². The van der Waals surface area contributed by atoms with E-state index in [9.17, 15) is 4.79 Å². The summed E-state index contributed by atoms with van der Waals surface area (Å²) < 4.78 is 7.20. The van der Waals surface area contributed by atoms with Crippen LogP contribution in [0.15, 0.2) is 76.1 Å². The predicted molar refractivity (Wildman–Crippen MR) is 137 cm³/mol. The van der Waals surface area contributed by atoms with Gasteiger partial charge in [0.15, 0.2) is 4.32 Å². The number of anilines is 1. The van der Waals surface area contributed by atoms with Gasteiger partial charge in [-0.1, -0.05) is 87.4 Å². The number of ether oxygens (including phenoxy) is 1. The number of nitrogens with zero attached hydrogens (tertiary/aromatic N) is 1. The maximum Gasteiger partial charge on any atom is 0.270 e. The number of hydrogen-bond donors (Lipinski definition) is 0. The molecule has 3 aromatic rings. The Morgan fingerprint density at radius 2 is 1.84 bits per heavy atom. The maximum absolute atomic E-state index is 12.9. The molecule has 31 heavy (non-hydrogen) atoms. The van der Waals surface area contributed by atoms with Gasteiger partial charge in [0.2, 0.25) is 0 Å². The molecule has 0 bridgehead atoms. The van der Waals surface area contributed by atoms with Crippen LogP contribution >= 0.6 is 63.1 Å². The van der Waals surface area contributed by atoms with Gasteiger partial charge in [0.1, 0.15) is 12.4 Å². The van der Waals surface area contributed by atoms with Crippen LogP contribution in [0.4, 0.5) is 5.69 Å². The van der Waals surface area contributed by atoms with Crippen molar-refractivity contribution in [3.63, 3.8) is 0 Å². The maximum atomic E-state index is 12.9. The zero-order chi connectivity index (χ0) is 22.0. The molecule has 0 atom stereocenters.